The Balaban J connectivity index is 1.86. The van der Waals surface area contributed by atoms with Crippen LogP contribution in [0.1, 0.15) is 29.3 Å². The Hall–Kier alpha value is -2.36. The first-order chi connectivity index (χ1) is 9.83. The summed E-state index contributed by atoms with van der Waals surface area (Å²) in [5, 5.41) is 3.45. The van der Waals surface area contributed by atoms with E-state index in [1.54, 1.807) is 0 Å². The highest BCUT2D eigenvalue weighted by molar-refractivity contribution is 5.74. The zero-order chi connectivity index (χ0) is 13.5. The number of anilines is 1. The largest absolute Gasteiger partial charge is 0.385 e. The molecule has 1 atom stereocenters. The third-order valence-electron chi connectivity index (χ3n) is 4.03. The number of aryl methyl sites for hydroxylation is 1. The molecule has 0 saturated heterocycles. The minimum absolute atomic E-state index is 0.320. The molecule has 0 saturated carbocycles. The molecule has 4 rings (SSSR count). The monoisotopic (exact) mass is 264 g/mol. The Bertz CT molecular complexity index is 775. The predicted molar refractivity (Wildman–Crippen MR) is 80.0 cm³/mol. The van der Waals surface area contributed by atoms with Gasteiger partial charge in [-0.1, -0.05) is 18.2 Å². The molecule has 0 fully saturated rings. The van der Waals surface area contributed by atoms with Crippen LogP contribution in [0.15, 0.2) is 36.5 Å². The van der Waals surface area contributed by atoms with Crippen LogP contribution in [0.5, 0.6) is 0 Å². The lowest BCUT2D eigenvalue weighted by Gasteiger charge is -2.25. The highest BCUT2D eigenvalue weighted by Gasteiger charge is 2.24. The fraction of sp³-hybridized carbons (Fsp3) is 0.250. The topological polar surface area (TPSA) is 53.6 Å². The standard InChI is InChI=1S/C16H16N4/c1-10-6-8-18-16-14(10)19-15(20-16)12-7-9-17-13-5-3-2-4-11(12)13/h2-6,8,12,17H,7,9H2,1H3,(H,18,19,20). The summed E-state index contributed by atoms with van der Waals surface area (Å²) in [4.78, 5) is 12.5. The number of benzene rings is 1. The number of imidazole rings is 1. The third-order valence-corrected chi connectivity index (χ3v) is 4.03. The van der Waals surface area contributed by atoms with Crippen LogP contribution in [0.2, 0.25) is 0 Å². The summed E-state index contributed by atoms with van der Waals surface area (Å²) in [6.07, 6.45) is 2.87. The van der Waals surface area contributed by atoms with Gasteiger partial charge in [-0.05, 0) is 36.6 Å². The molecule has 0 amide bonds. The molecule has 0 bridgehead atoms. The summed E-state index contributed by atoms with van der Waals surface area (Å²) in [6, 6.07) is 10.5. The number of para-hydroxylation sites is 1. The fourth-order valence-electron chi connectivity index (χ4n) is 2.97. The zero-order valence-electron chi connectivity index (χ0n) is 11.4. The highest BCUT2D eigenvalue weighted by Crippen LogP contribution is 2.35. The van der Waals surface area contributed by atoms with Crippen LogP contribution in [0, 0.1) is 6.92 Å². The molecule has 1 unspecified atom stereocenters. The molecule has 3 heterocycles. The molecule has 2 N–H and O–H groups in total. The summed E-state index contributed by atoms with van der Waals surface area (Å²) < 4.78 is 0. The number of hydrogen-bond donors (Lipinski definition) is 2. The van der Waals surface area contributed by atoms with E-state index in [-0.39, 0.29) is 0 Å². The molecule has 20 heavy (non-hydrogen) atoms. The first-order valence-electron chi connectivity index (χ1n) is 6.97. The van der Waals surface area contributed by atoms with E-state index >= 15 is 0 Å². The summed E-state index contributed by atoms with van der Waals surface area (Å²) in [5.41, 5.74) is 5.59. The van der Waals surface area contributed by atoms with Crippen molar-refractivity contribution in [2.24, 2.45) is 0 Å². The summed E-state index contributed by atoms with van der Waals surface area (Å²) >= 11 is 0. The Labute approximate surface area is 117 Å². The summed E-state index contributed by atoms with van der Waals surface area (Å²) in [6.45, 7) is 3.06. The van der Waals surface area contributed by atoms with Crippen molar-refractivity contribution in [3.8, 4) is 0 Å². The van der Waals surface area contributed by atoms with Gasteiger partial charge in [0.15, 0.2) is 5.65 Å². The van der Waals surface area contributed by atoms with Crippen molar-refractivity contribution >= 4 is 16.9 Å². The molecular weight excluding hydrogens is 248 g/mol. The minimum atomic E-state index is 0.320. The van der Waals surface area contributed by atoms with Crippen molar-refractivity contribution in [1.29, 1.82) is 0 Å². The van der Waals surface area contributed by atoms with Crippen LogP contribution in [-0.2, 0) is 0 Å². The van der Waals surface area contributed by atoms with Crippen LogP contribution in [0.25, 0.3) is 11.2 Å². The van der Waals surface area contributed by atoms with Gasteiger partial charge in [0.2, 0.25) is 0 Å². The first kappa shape index (κ1) is 11.5. The quantitative estimate of drug-likeness (QED) is 0.709. The van der Waals surface area contributed by atoms with Crippen molar-refractivity contribution in [2.45, 2.75) is 19.3 Å². The van der Waals surface area contributed by atoms with E-state index in [1.807, 2.05) is 12.3 Å². The minimum Gasteiger partial charge on any atom is -0.385 e. The molecule has 2 aromatic heterocycles. The van der Waals surface area contributed by atoms with E-state index in [9.17, 15) is 0 Å². The van der Waals surface area contributed by atoms with Gasteiger partial charge in [0.25, 0.3) is 0 Å². The molecule has 0 radical (unpaired) electrons. The number of pyridine rings is 1. The van der Waals surface area contributed by atoms with Gasteiger partial charge in [-0.15, -0.1) is 0 Å². The van der Waals surface area contributed by atoms with Gasteiger partial charge in [0.1, 0.15) is 5.82 Å². The lowest BCUT2D eigenvalue weighted by atomic mass is 9.90. The number of nitrogens with one attached hydrogen (secondary N) is 2. The highest BCUT2D eigenvalue weighted by atomic mass is 15.0. The van der Waals surface area contributed by atoms with Crippen molar-refractivity contribution in [2.75, 3.05) is 11.9 Å². The number of aromatic amines is 1. The first-order valence-corrected chi connectivity index (χ1v) is 6.97. The van der Waals surface area contributed by atoms with Gasteiger partial charge in [-0.2, -0.15) is 0 Å². The van der Waals surface area contributed by atoms with Gasteiger partial charge >= 0.3 is 0 Å². The van der Waals surface area contributed by atoms with Gasteiger partial charge < -0.3 is 10.3 Å². The van der Waals surface area contributed by atoms with Crippen LogP contribution in [0.3, 0.4) is 0 Å². The van der Waals surface area contributed by atoms with Gasteiger partial charge in [0, 0.05) is 24.3 Å². The number of nitrogens with zero attached hydrogens (tertiary/aromatic N) is 2. The Morgan fingerprint density at radius 1 is 1.20 bits per heavy atom. The molecule has 1 aliphatic rings. The van der Waals surface area contributed by atoms with E-state index in [2.05, 4.69) is 46.5 Å². The molecule has 4 nitrogen and oxygen atoms in total. The van der Waals surface area contributed by atoms with Crippen molar-refractivity contribution in [3.05, 3.63) is 53.5 Å². The van der Waals surface area contributed by atoms with Crippen molar-refractivity contribution in [1.82, 2.24) is 15.0 Å². The normalized spacial score (nSPS) is 17.8. The molecule has 0 aliphatic carbocycles. The number of rotatable bonds is 1. The van der Waals surface area contributed by atoms with Crippen LogP contribution >= 0.6 is 0 Å². The second-order valence-electron chi connectivity index (χ2n) is 5.30. The number of aromatic nitrogens is 3. The second kappa shape index (κ2) is 4.34. The SMILES string of the molecule is Cc1ccnc2nc(C3CCNc4ccccc43)[nH]c12. The van der Waals surface area contributed by atoms with E-state index in [1.165, 1.54) is 16.8 Å². The van der Waals surface area contributed by atoms with E-state index in [0.29, 0.717) is 5.92 Å². The second-order valence-corrected chi connectivity index (χ2v) is 5.30. The molecule has 100 valence electrons. The Kier molecular flexibility index (Phi) is 2.49. The van der Waals surface area contributed by atoms with E-state index < -0.39 is 0 Å². The van der Waals surface area contributed by atoms with Crippen molar-refractivity contribution < 1.29 is 0 Å². The summed E-state index contributed by atoms with van der Waals surface area (Å²) in [5.74, 6) is 1.34. The smallest absolute Gasteiger partial charge is 0.177 e. The maximum absolute atomic E-state index is 4.70. The molecule has 1 aromatic carbocycles. The molecule has 0 spiro atoms. The average molecular weight is 264 g/mol. The Morgan fingerprint density at radius 2 is 2.10 bits per heavy atom. The van der Waals surface area contributed by atoms with Crippen LogP contribution < -0.4 is 5.32 Å². The van der Waals surface area contributed by atoms with Crippen LogP contribution in [0.4, 0.5) is 5.69 Å². The lowest BCUT2D eigenvalue weighted by molar-refractivity contribution is 0.686. The zero-order valence-corrected chi connectivity index (χ0v) is 11.4. The fourth-order valence-corrected chi connectivity index (χ4v) is 2.97. The molecule has 1 aliphatic heterocycles. The van der Waals surface area contributed by atoms with E-state index in [0.717, 1.165) is 30.0 Å². The third kappa shape index (κ3) is 1.68. The number of fused-ring (bicyclic) bond motifs is 2. The molecule has 4 heteroatoms. The maximum atomic E-state index is 4.70. The van der Waals surface area contributed by atoms with Crippen molar-refractivity contribution in [3.63, 3.8) is 0 Å². The summed E-state index contributed by atoms with van der Waals surface area (Å²) in [7, 11) is 0. The Morgan fingerprint density at radius 3 is 3.00 bits per heavy atom. The van der Waals surface area contributed by atoms with Gasteiger partial charge in [0.05, 0.1) is 5.52 Å². The molecular formula is C16H16N4. The van der Waals surface area contributed by atoms with E-state index in [4.69, 9.17) is 4.98 Å². The maximum Gasteiger partial charge on any atom is 0.177 e. The number of hydrogen-bond acceptors (Lipinski definition) is 3. The molecule has 3 aromatic rings. The lowest BCUT2D eigenvalue weighted by Crippen LogP contribution is -2.18. The van der Waals surface area contributed by atoms with Gasteiger partial charge in [-0.3, -0.25) is 0 Å². The number of H-pyrrole nitrogens is 1. The average Bonchev–Trinajstić information content (AvgIpc) is 2.92. The predicted octanol–water partition coefficient (Wildman–Crippen LogP) is 3.21. The van der Waals surface area contributed by atoms with Gasteiger partial charge in [-0.25, -0.2) is 9.97 Å². The van der Waals surface area contributed by atoms with Crippen LogP contribution in [-0.4, -0.2) is 21.5 Å².